The number of aromatic nitrogens is 3. The van der Waals surface area contributed by atoms with Crippen molar-refractivity contribution in [3.8, 4) is 5.75 Å². The van der Waals surface area contributed by atoms with Gasteiger partial charge in [-0.2, -0.15) is 0 Å². The number of amides is 1. The lowest BCUT2D eigenvalue weighted by Gasteiger charge is -2.38. The van der Waals surface area contributed by atoms with Gasteiger partial charge in [0.15, 0.2) is 5.69 Å². The van der Waals surface area contributed by atoms with E-state index in [1.807, 2.05) is 16.8 Å². The molecule has 0 aliphatic carbocycles. The van der Waals surface area contributed by atoms with Gasteiger partial charge in [-0.15, -0.1) is 5.10 Å². The molecule has 0 atom stereocenters. The number of carbonyl (C=O) groups is 1. The fraction of sp³-hybridized carbons (Fsp3) is 0.500. The largest absolute Gasteiger partial charge is 0.497 e. The molecule has 138 valence electrons. The first kappa shape index (κ1) is 17.0. The highest BCUT2D eigenvalue weighted by molar-refractivity contribution is 5.92. The predicted molar refractivity (Wildman–Crippen MR) is 94.1 cm³/mol. The lowest BCUT2D eigenvalue weighted by molar-refractivity contribution is 0.0299. The van der Waals surface area contributed by atoms with E-state index < -0.39 is 0 Å². The van der Waals surface area contributed by atoms with Crippen LogP contribution in [0.1, 0.15) is 22.1 Å². The van der Waals surface area contributed by atoms with Crippen molar-refractivity contribution in [2.75, 3.05) is 46.5 Å². The molecule has 2 aliphatic rings. The second-order valence-electron chi connectivity index (χ2n) is 6.69. The van der Waals surface area contributed by atoms with Crippen molar-refractivity contribution in [1.29, 1.82) is 0 Å². The average Bonchev–Trinajstić information content (AvgIpc) is 3.14. The summed E-state index contributed by atoms with van der Waals surface area (Å²) in [6.45, 7) is 5.07. The molecule has 0 radical (unpaired) electrons. The van der Waals surface area contributed by atoms with Crippen molar-refractivity contribution in [2.24, 2.45) is 0 Å². The van der Waals surface area contributed by atoms with Gasteiger partial charge in [0.1, 0.15) is 5.75 Å². The number of ether oxygens (including phenoxy) is 2. The van der Waals surface area contributed by atoms with Crippen molar-refractivity contribution in [1.82, 2.24) is 24.8 Å². The van der Waals surface area contributed by atoms with Crippen LogP contribution in [0.4, 0.5) is 0 Å². The molecule has 2 aliphatic heterocycles. The topological polar surface area (TPSA) is 72.7 Å². The van der Waals surface area contributed by atoms with Crippen LogP contribution in [0.25, 0.3) is 0 Å². The van der Waals surface area contributed by atoms with E-state index in [-0.39, 0.29) is 11.9 Å². The molecule has 0 N–H and O–H groups in total. The van der Waals surface area contributed by atoms with Gasteiger partial charge in [0.05, 0.1) is 32.6 Å². The Kier molecular flexibility index (Phi) is 4.85. The van der Waals surface area contributed by atoms with Crippen LogP contribution in [0, 0.1) is 0 Å². The zero-order valence-electron chi connectivity index (χ0n) is 14.9. The monoisotopic (exact) mass is 357 g/mol. The third-order valence-corrected chi connectivity index (χ3v) is 4.88. The quantitative estimate of drug-likeness (QED) is 0.789. The fourth-order valence-electron chi connectivity index (χ4n) is 3.35. The Bertz CT molecular complexity index is 766. The van der Waals surface area contributed by atoms with Crippen molar-refractivity contribution in [3.63, 3.8) is 0 Å². The Labute approximate surface area is 152 Å². The zero-order valence-corrected chi connectivity index (χ0v) is 14.9. The molecule has 8 nitrogen and oxygen atoms in total. The van der Waals surface area contributed by atoms with Crippen LogP contribution >= 0.6 is 0 Å². The second-order valence-corrected chi connectivity index (χ2v) is 6.69. The number of rotatable bonds is 5. The van der Waals surface area contributed by atoms with Crippen LogP contribution in [-0.4, -0.2) is 77.2 Å². The molecule has 2 fully saturated rings. The third kappa shape index (κ3) is 3.56. The Morgan fingerprint density at radius 3 is 2.88 bits per heavy atom. The van der Waals surface area contributed by atoms with Crippen LogP contribution in [0.2, 0.25) is 0 Å². The maximum Gasteiger partial charge on any atom is 0.276 e. The molecule has 1 amide bonds. The molecule has 0 saturated carbocycles. The number of benzene rings is 1. The molecule has 1 aromatic carbocycles. The number of methoxy groups -OCH3 is 1. The van der Waals surface area contributed by atoms with Gasteiger partial charge in [-0.1, -0.05) is 17.3 Å². The molecule has 1 aromatic heterocycles. The molecular weight excluding hydrogens is 334 g/mol. The van der Waals surface area contributed by atoms with Crippen molar-refractivity contribution in [2.45, 2.75) is 12.6 Å². The van der Waals surface area contributed by atoms with Crippen molar-refractivity contribution >= 4 is 5.91 Å². The Morgan fingerprint density at radius 1 is 1.31 bits per heavy atom. The summed E-state index contributed by atoms with van der Waals surface area (Å²) in [5, 5.41) is 8.24. The number of likely N-dealkylation sites (tertiary alicyclic amines) is 1. The molecule has 0 bridgehead atoms. The molecule has 0 unspecified atom stereocenters. The number of hydrogen-bond acceptors (Lipinski definition) is 6. The van der Waals surface area contributed by atoms with Crippen LogP contribution < -0.4 is 4.74 Å². The van der Waals surface area contributed by atoms with Crippen molar-refractivity contribution in [3.05, 3.63) is 41.7 Å². The van der Waals surface area contributed by atoms with Gasteiger partial charge in [-0.05, 0) is 17.7 Å². The average molecular weight is 357 g/mol. The summed E-state index contributed by atoms with van der Waals surface area (Å²) in [7, 11) is 1.68. The smallest absolute Gasteiger partial charge is 0.276 e. The van der Waals surface area contributed by atoms with E-state index in [2.05, 4.69) is 27.3 Å². The number of hydrogen-bond donors (Lipinski definition) is 0. The van der Waals surface area contributed by atoms with E-state index in [1.165, 1.54) is 5.56 Å². The summed E-state index contributed by atoms with van der Waals surface area (Å²) in [6, 6.07) is 8.38. The fourth-order valence-corrected chi connectivity index (χ4v) is 3.35. The maximum atomic E-state index is 12.4. The van der Waals surface area contributed by atoms with Crippen LogP contribution in [-0.2, 0) is 11.3 Å². The summed E-state index contributed by atoms with van der Waals surface area (Å²) >= 11 is 0. The summed E-state index contributed by atoms with van der Waals surface area (Å²) in [4.78, 5) is 16.5. The lowest BCUT2D eigenvalue weighted by Crippen LogP contribution is -2.47. The number of nitrogens with zero attached hydrogens (tertiary/aromatic N) is 5. The van der Waals surface area contributed by atoms with Gasteiger partial charge in [0.25, 0.3) is 5.91 Å². The summed E-state index contributed by atoms with van der Waals surface area (Å²) < 4.78 is 12.4. The Balaban J connectivity index is 1.31. The summed E-state index contributed by atoms with van der Waals surface area (Å²) in [5.74, 6) is 0.814. The first-order chi connectivity index (χ1) is 12.7. The van der Waals surface area contributed by atoms with Gasteiger partial charge < -0.3 is 14.4 Å². The van der Waals surface area contributed by atoms with Gasteiger partial charge in [0, 0.05) is 32.7 Å². The zero-order chi connectivity index (χ0) is 17.9. The molecule has 26 heavy (non-hydrogen) atoms. The first-order valence-electron chi connectivity index (χ1n) is 8.87. The molecule has 8 heteroatoms. The molecule has 4 rings (SSSR count). The van der Waals surface area contributed by atoms with E-state index in [0.29, 0.717) is 32.0 Å². The lowest BCUT2D eigenvalue weighted by atomic mass is 10.1. The van der Waals surface area contributed by atoms with Gasteiger partial charge >= 0.3 is 0 Å². The Hall–Kier alpha value is -2.45. The maximum absolute atomic E-state index is 12.4. The van der Waals surface area contributed by atoms with Gasteiger partial charge in [0.2, 0.25) is 0 Å². The van der Waals surface area contributed by atoms with E-state index in [9.17, 15) is 4.79 Å². The second kappa shape index (κ2) is 7.43. The molecule has 2 aromatic rings. The van der Waals surface area contributed by atoms with Crippen LogP contribution in [0.5, 0.6) is 5.75 Å². The van der Waals surface area contributed by atoms with E-state index in [4.69, 9.17) is 9.47 Å². The van der Waals surface area contributed by atoms with E-state index in [0.717, 1.165) is 25.4 Å². The molecule has 2 saturated heterocycles. The first-order valence-corrected chi connectivity index (χ1v) is 8.87. The van der Waals surface area contributed by atoms with Gasteiger partial charge in [-0.3, -0.25) is 9.69 Å². The highest BCUT2D eigenvalue weighted by atomic mass is 16.5. The SMILES string of the molecule is COc1cccc(CN2CC(n3cc(C(=O)N4CCOCC4)nn3)C2)c1. The van der Waals surface area contributed by atoms with Crippen molar-refractivity contribution < 1.29 is 14.3 Å². The van der Waals surface area contributed by atoms with E-state index in [1.54, 1.807) is 18.2 Å². The highest BCUT2D eigenvalue weighted by Gasteiger charge is 2.30. The minimum absolute atomic E-state index is 0.0629. The van der Waals surface area contributed by atoms with Crippen LogP contribution in [0.15, 0.2) is 30.5 Å². The Morgan fingerprint density at radius 2 is 2.12 bits per heavy atom. The van der Waals surface area contributed by atoms with Gasteiger partial charge in [-0.25, -0.2) is 4.68 Å². The molecule has 0 spiro atoms. The number of carbonyl (C=O) groups excluding carboxylic acids is 1. The standard InChI is InChI=1S/C18H23N5O3/c1-25-16-4-2-3-14(9-16)10-21-11-15(12-21)23-13-17(19-20-23)18(24)22-5-7-26-8-6-22/h2-4,9,13,15H,5-8,10-12H2,1H3. The summed E-state index contributed by atoms with van der Waals surface area (Å²) in [5.41, 5.74) is 1.64. The highest BCUT2D eigenvalue weighted by Crippen LogP contribution is 2.24. The van der Waals surface area contributed by atoms with Crippen LogP contribution in [0.3, 0.4) is 0 Å². The molecule has 3 heterocycles. The van der Waals surface area contributed by atoms with E-state index >= 15 is 0 Å². The number of morpholine rings is 1. The minimum atomic E-state index is -0.0629. The minimum Gasteiger partial charge on any atom is -0.497 e. The molecular formula is C18H23N5O3. The summed E-state index contributed by atoms with van der Waals surface area (Å²) in [6.07, 6.45) is 1.77. The predicted octanol–water partition coefficient (Wildman–Crippen LogP) is 0.816. The third-order valence-electron chi connectivity index (χ3n) is 4.88. The normalized spacial score (nSPS) is 18.6.